The largest absolute Gasteiger partial charge is 0.394 e. The molecule has 3 aromatic rings. The van der Waals surface area contributed by atoms with E-state index in [1.165, 1.54) is 0 Å². The Labute approximate surface area is 203 Å². The van der Waals surface area contributed by atoms with Crippen LogP contribution in [0.15, 0.2) is 41.3 Å². The molecule has 1 aliphatic rings. The van der Waals surface area contributed by atoms with Gasteiger partial charge in [0.05, 0.1) is 55.4 Å². The number of pyridine rings is 1. The van der Waals surface area contributed by atoms with Gasteiger partial charge in [-0.25, -0.2) is 9.78 Å². The van der Waals surface area contributed by atoms with E-state index in [1.54, 1.807) is 30.0 Å². The SMILES string of the molecule is COC(C)(C)C(CO)Nc1nc(=O)n(Cc2ccc(Cl)cc2)c2cc(N3CCOCC3)cnc12. The van der Waals surface area contributed by atoms with Gasteiger partial charge in [0.2, 0.25) is 0 Å². The van der Waals surface area contributed by atoms with Crippen LogP contribution in [0, 0.1) is 0 Å². The van der Waals surface area contributed by atoms with E-state index in [-0.39, 0.29) is 6.61 Å². The summed E-state index contributed by atoms with van der Waals surface area (Å²) in [5, 5.41) is 13.8. The second kappa shape index (κ2) is 10.3. The molecule has 182 valence electrons. The molecule has 0 bridgehead atoms. The molecule has 4 rings (SSSR count). The molecule has 1 atom stereocenters. The molecule has 0 aliphatic carbocycles. The van der Waals surface area contributed by atoms with E-state index in [9.17, 15) is 9.90 Å². The van der Waals surface area contributed by atoms with E-state index in [4.69, 9.17) is 26.1 Å². The van der Waals surface area contributed by atoms with Gasteiger partial charge in [0, 0.05) is 25.2 Å². The highest BCUT2D eigenvalue weighted by molar-refractivity contribution is 6.30. The minimum atomic E-state index is -0.700. The number of methoxy groups -OCH3 is 1. The van der Waals surface area contributed by atoms with Crippen LogP contribution in [0.5, 0.6) is 0 Å². The first-order valence-electron chi connectivity index (χ1n) is 11.2. The molecule has 0 spiro atoms. The first-order chi connectivity index (χ1) is 16.3. The van der Waals surface area contributed by atoms with Crippen molar-refractivity contribution < 1.29 is 14.6 Å². The Morgan fingerprint density at radius 1 is 1.26 bits per heavy atom. The number of halogens is 1. The zero-order valence-corrected chi connectivity index (χ0v) is 20.4. The molecule has 2 aromatic heterocycles. The van der Waals surface area contributed by atoms with Crippen LogP contribution in [0.4, 0.5) is 11.5 Å². The molecule has 1 aliphatic heterocycles. The van der Waals surface area contributed by atoms with Crippen molar-refractivity contribution in [1.29, 1.82) is 0 Å². The predicted octanol–water partition coefficient (Wildman–Crippen LogP) is 2.53. The van der Waals surface area contributed by atoms with Crippen LogP contribution in [0.3, 0.4) is 0 Å². The van der Waals surface area contributed by atoms with Crippen LogP contribution in [0.25, 0.3) is 11.0 Å². The summed E-state index contributed by atoms with van der Waals surface area (Å²) in [5.74, 6) is 0.310. The fourth-order valence-electron chi connectivity index (χ4n) is 3.91. The highest BCUT2D eigenvalue weighted by Crippen LogP contribution is 2.26. The molecular weight excluding hydrogens is 458 g/mol. The average Bonchev–Trinajstić information content (AvgIpc) is 2.85. The van der Waals surface area contributed by atoms with Gasteiger partial charge in [-0.05, 0) is 37.6 Å². The van der Waals surface area contributed by atoms with Crippen molar-refractivity contribution in [3.63, 3.8) is 0 Å². The number of fused-ring (bicyclic) bond motifs is 1. The van der Waals surface area contributed by atoms with Crippen LogP contribution in [0.2, 0.25) is 5.02 Å². The first-order valence-corrected chi connectivity index (χ1v) is 11.6. The molecule has 1 unspecified atom stereocenters. The number of morpholine rings is 1. The lowest BCUT2D eigenvalue weighted by atomic mass is 9.99. The third kappa shape index (κ3) is 5.17. The predicted molar refractivity (Wildman–Crippen MR) is 133 cm³/mol. The van der Waals surface area contributed by atoms with Gasteiger partial charge in [-0.2, -0.15) is 4.98 Å². The number of aliphatic hydroxyl groups excluding tert-OH is 1. The molecule has 3 heterocycles. The molecule has 0 radical (unpaired) electrons. The summed E-state index contributed by atoms with van der Waals surface area (Å²) in [6.45, 7) is 6.61. The maximum Gasteiger partial charge on any atom is 0.350 e. The monoisotopic (exact) mass is 487 g/mol. The Balaban J connectivity index is 1.82. The van der Waals surface area contributed by atoms with Gasteiger partial charge in [0.25, 0.3) is 0 Å². The van der Waals surface area contributed by atoms with Gasteiger partial charge in [-0.1, -0.05) is 23.7 Å². The maximum absolute atomic E-state index is 13.2. The van der Waals surface area contributed by atoms with Crippen LogP contribution < -0.4 is 15.9 Å². The number of anilines is 2. The highest BCUT2D eigenvalue weighted by atomic mass is 35.5. The standard InChI is InChI=1S/C24H30ClN5O4/c1-24(2,33-3)20(15-31)27-22-21-19(12-18(13-26-21)29-8-10-34-11-9-29)30(23(32)28-22)14-16-4-6-17(25)7-5-16/h4-7,12-13,20,31H,8-11,14-15H2,1-3H3,(H,27,28,32). The van der Waals surface area contributed by atoms with Crippen molar-refractivity contribution in [2.24, 2.45) is 0 Å². The molecule has 34 heavy (non-hydrogen) atoms. The normalized spacial score (nSPS) is 15.5. The second-order valence-electron chi connectivity index (χ2n) is 8.80. The molecule has 2 N–H and O–H groups in total. The Bertz CT molecular complexity index is 1190. The van der Waals surface area contributed by atoms with Crippen molar-refractivity contribution in [1.82, 2.24) is 14.5 Å². The Hall–Kier alpha value is -2.72. The fraction of sp³-hybridized carbons (Fsp3) is 0.458. The van der Waals surface area contributed by atoms with E-state index in [2.05, 4.69) is 15.2 Å². The molecule has 0 amide bonds. The first kappa shape index (κ1) is 24.4. The lowest BCUT2D eigenvalue weighted by molar-refractivity contribution is -0.00767. The van der Waals surface area contributed by atoms with E-state index in [1.807, 2.05) is 32.0 Å². The number of hydrogen-bond donors (Lipinski definition) is 2. The molecule has 0 saturated carbocycles. The topological polar surface area (TPSA) is 102 Å². The Morgan fingerprint density at radius 2 is 1.97 bits per heavy atom. The smallest absolute Gasteiger partial charge is 0.350 e. The lowest BCUT2D eigenvalue weighted by Gasteiger charge is -2.33. The average molecular weight is 488 g/mol. The van der Waals surface area contributed by atoms with E-state index >= 15 is 0 Å². The molecule has 1 aromatic carbocycles. The van der Waals surface area contributed by atoms with Gasteiger partial charge >= 0.3 is 5.69 Å². The van der Waals surface area contributed by atoms with Crippen LogP contribution in [-0.2, 0) is 16.0 Å². The number of aromatic nitrogens is 3. The molecule has 1 fully saturated rings. The summed E-state index contributed by atoms with van der Waals surface area (Å²) in [5.41, 5.74) is 1.89. The third-order valence-electron chi connectivity index (χ3n) is 6.30. The molecule has 9 nitrogen and oxygen atoms in total. The highest BCUT2D eigenvalue weighted by Gasteiger charge is 2.30. The summed E-state index contributed by atoms with van der Waals surface area (Å²) in [6, 6.07) is 8.82. The number of benzene rings is 1. The number of nitrogens with one attached hydrogen (secondary N) is 1. The Morgan fingerprint density at radius 3 is 2.62 bits per heavy atom. The van der Waals surface area contributed by atoms with E-state index in [0.717, 1.165) is 24.3 Å². The van der Waals surface area contributed by atoms with Crippen molar-refractivity contribution in [2.75, 3.05) is 50.2 Å². The fourth-order valence-corrected chi connectivity index (χ4v) is 4.04. The van der Waals surface area contributed by atoms with Crippen LogP contribution in [-0.4, -0.2) is 71.3 Å². The maximum atomic E-state index is 13.2. The van der Waals surface area contributed by atoms with E-state index in [0.29, 0.717) is 41.6 Å². The summed E-state index contributed by atoms with van der Waals surface area (Å²) < 4.78 is 12.6. The summed E-state index contributed by atoms with van der Waals surface area (Å²) in [4.78, 5) is 24.4. The van der Waals surface area contributed by atoms with Gasteiger partial charge in [-0.3, -0.25) is 4.57 Å². The lowest BCUT2D eigenvalue weighted by Crippen LogP contribution is -2.46. The van der Waals surface area contributed by atoms with Crippen LogP contribution >= 0.6 is 11.6 Å². The molecule has 1 saturated heterocycles. The summed E-state index contributed by atoms with van der Waals surface area (Å²) in [6.07, 6.45) is 1.78. The van der Waals surface area contributed by atoms with Gasteiger partial charge in [0.1, 0.15) is 5.52 Å². The minimum absolute atomic E-state index is 0.205. The van der Waals surface area contributed by atoms with Gasteiger partial charge in [0.15, 0.2) is 5.82 Å². The van der Waals surface area contributed by atoms with Crippen molar-refractivity contribution >= 4 is 34.1 Å². The minimum Gasteiger partial charge on any atom is -0.394 e. The van der Waals surface area contributed by atoms with Gasteiger partial charge < -0.3 is 24.8 Å². The summed E-state index contributed by atoms with van der Waals surface area (Å²) in [7, 11) is 1.58. The number of nitrogens with zero attached hydrogens (tertiary/aromatic N) is 4. The zero-order valence-electron chi connectivity index (χ0n) is 19.6. The number of ether oxygens (including phenoxy) is 2. The molecule has 10 heteroatoms. The number of aliphatic hydroxyl groups is 1. The number of rotatable bonds is 8. The number of hydrogen-bond acceptors (Lipinski definition) is 8. The van der Waals surface area contributed by atoms with E-state index < -0.39 is 17.3 Å². The van der Waals surface area contributed by atoms with Crippen molar-refractivity contribution in [2.45, 2.75) is 32.0 Å². The van der Waals surface area contributed by atoms with Crippen molar-refractivity contribution in [3.8, 4) is 0 Å². The van der Waals surface area contributed by atoms with Crippen LogP contribution in [0.1, 0.15) is 19.4 Å². The second-order valence-corrected chi connectivity index (χ2v) is 9.24. The van der Waals surface area contributed by atoms with Crippen molar-refractivity contribution in [3.05, 3.63) is 57.6 Å². The Kier molecular flexibility index (Phi) is 7.37. The quantitative estimate of drug-likeness (QED) is 0.500. The third-order valence-corrected chi connectivity index (χ3v) is 6.55. The molecular formula is C24H30ClN5O4. The summed E-state index contributed by atoms with van der Waals surface area (Å²) >= 11 is 6.03. The van der Waals surface area contributed by atoms with Gasteiger partial charge in [-0.15, -0.1) is 0 Å². The zero-order chi connectivity index (χ0) is 24.3.